The Bertz CT molecular complexity index is 971. The Morgan fingerprint density at radius 3 is 2.42 bits per heavy atom. The molecule has 0 amide bonds. The fourth-order valence-corrected chi connectivity index (χ4v) is 2.92. The lowest BCUT2D eigenvalue weighted by Crippen LogP contribution is -1.94. The fraction of sp³-hybridized carbons (Fsp3) is 0.190. The zero-order chi connectivity index (χ0) is 17.8. The molecule has 0 aliphatic heterocycles. The predicted molar refractivity (Wildman–Crippen MR) is 99.6 cm³/mol. The number of nitrogens with zero attached hydrogens (tertiary/aromatic N) is 4. The lowest BCUT2D eigenvalue weighted by Gasteiger charge is -2.02. The van der Waals surface area contributed by atoms with Crippen molar-refractivity contribution < 1.29 is 4.52 Å². The van der Waals surface area contributed by atoms with E-state index < -0.39 is 0 Å². The van der Waals surface area contributed by atoms with Crippen molar-refractivity contribution in [3.05, 3.63) is 90.1 Å². The Labute approximate surface area is 152 Å². The molecule has 0 aliphatic carbocycles. The van der Waals surface area contributed by atoms with Gasteiger partial charge in [0.25, 0.3) is 0 Å². The van der Waals surface area contributed by atoms with E-state index in [2.05, 4.69) is 63.7 Å². The number of hydrogen-bond donors (Lipinski definition) is 0. The van der Waals surface area contributed by atoms with Crippen LogP contribution in [0.15, 0.2) is 71.6 Å². The van der Waals surface area contributed by atoms with E-state index in [0.29, 0.717) is 24.6 Å². The van der Waals surface area contributed by atoms with Gasteiger partial charge in [-0.25, -0.2) is 4.98 Å². The Morgan fingerprint density at radius 1 is 0.923 bits per heavy atom. The SMILES string of the molecule is Cn1cnc(CCc2nc(Cc3ccc(-c4ccccc4)cc3)no2)c1. The normalized spacial score (nSPS) is 11.0. The van der Waals surface area contributed by atoms with Crippen LogP contribution in [0.1, 0.15) is 23.0 Å². The maximum Gasteiger partial charge on any atom is 0.227 e. The van der Waals surface area contributed by atoms with E-state index in [9.17, 15) is 0 Å². The third-order valence-corrected chi connectivity index (χ3v) is 4.29. The maximum atomic E-state index is 5.36. The van der Waals surface area contributed by atoms with Gasteiger partial charge in [-0.2, -0.15) is 4.98 Å². The third-order valence-electron chi connectivity index (χ3n) is 4.29. The molecule has 5 heteroatoms. The van der Waals surface area contributed by atoms with Gasteiger partial charge in [0.05, 0.1) is 12.0 Å². The first-order valence-electron chi connectivity index (χ1n) is 8.69. The van der Waals surface area contributed by atoms with Crippen molar-refractivity contribution >= 4 is 0 Å². The van der Waals surface area contributed by atoms with Gasteiger partial charge < -0.3 is 9.09 Å². The summed E-state index contributed by atoms with van der Waals surface area (Å²) in [6.07, 6.45) is 5.98. The van der Waals surface area contributed by atoms with Gasteiger partial charge in [-0.1, -0.05) is 59.8 Å². The van der Waals surface area contributed by atoms with E-state index in [1.807, 2.05) is 23.9 Å². The molecule has 4 aromatic rings. The van der Waals surface area contributed by atoms with Gasteiger partial charge in [0.2, 0.25) is 5.89 Å². The number of imidazole rings is 1. The summed E-state index contributed by atoms with van der Waals surface area (Å²) in [5, 5.41) is 4.10. The number of rotatable bonds is 6. The van der Waals surface area contributed by atoms with Gasteiger partial charge >= 0.3 is 0 Å². The summed E-state index contributed by atoms with van der Waals surface area (Å²) in [6, 6.07) is 18.9. The summed E-state index contributed by atoms with van der Waals surface area (Å²) >= 11 is 0. The van der Waals surface area contributed by atoms with E-state index in [1.165, 1.54) is 16.7 Å². The van der Waals surface area contributed by atoms with E-state index in [-0.39, 0.29) is 0 Å². The number of aromatic nitrogens is 4. The van der Waals surface area contributed by atoms with E-state index in [0.717, 1.165) is 12.1 Å². The smallest absolute Gasteiger partial charge is 0.227 e. The van der Waals surface area contributed by atoms with Crippen LogP contribution < -0.4 is 0 Å². The summed E-state index contributed by atoms with van der Waals surface area (Å²) in [6.45, 7) is 0. The van der Waals surface area contributed by atoms with Crippen LogP contribution in [0.3, 0.4) is 0 Å². The Hall–Kier alpha value is -3.21. The quantitative estimate of drug-likeness (QED) is 0.533. The summed E-state index contributed by atoms with van der Waals surface area (Å²) in [5.74, 6) is 1.38. The van der Waals surface area contributed by atoms with Crippen molar-refractivity contribution in [2.75, 3.05) is 0 Å². The molecule has 2 aromatic carbocycles. The van der Waals surface area contributed by atoms with Gasteiger partial charge in [-0.15, -0.1) is 0 Å². The molecule has 4 rings (SSSR count). The van der Waals surface area contributed by atoms with Crippen molar-refractivity contribution in [1.82, 2.24) is 19.7 Å². The monoisotopic (exact) mass is 344 g/mol. The van der Waals surface area contributed by atoms with Crippen LogP contribution in [-0.4, -0.2) is 19.7 Å². The molecule has 2 heterocycles. The maximum absolute atomic E-state index is 5.36. The van der Waals surface area contributed by atoms with Gasteiger partial charge in [0, 0.05) is 26.1 Å². The van der Waals surface area contributed by atoms with Crippen molar-refractivity contribution in [2.45, 2.75) is 19.3 Å². The largest absolute Gasteiger partial charge is 0.340 e. The molecule has 0 saturated carbocycles. The minimum absolute atomic E-state index is 0.659. The highest BCUT2D eigenvalue weighted by Crippen LogP contribution is 2.20. The second-order valence-corrected chi connectivity index (χ2v) is 6.37. The van der Waals surface area contributed by atoms with E-state index >= 15 is 0 Å². The Morgan fingerprint density at radius 2 is 1.69 bits per heavy atom. The standard InChI is InChI=1S/C21H20N4O/c1-25-14-19(22-15-25)11-12-21-23-20(24-26-21)13-16-7-9-18(10-8-16)17-5-3-2-4-6-17/h2-10,14-15H,11-13H2,1H3. The number of hydrogen-bond acceptors (Lipinski definition) is 4. The second-order valence-electron chi connectivity index (χ2n) is 6.37. The molecule has 5 nitrogen and oxygen atoms in total. The van der Waals surface area contributed by atoms with Crippen LogP contribution >= 0.6 is 0 Å². The van der Waals surface area contributed by atoms with Crippen LogP contribution in [0.4, 0.5) is 0 Å². The predicted octanol–water partition coefficient (Wildman–Crippen LogP) is 3.85. The van der Waals surface area contributed by atoms with Crippen LogP contribution in [0, 0.1) is 0 Å². The highest BCUT2D eigenvalue weighted by Gasteiger charge is 2.08. The minimum atomic E-state index is 0.659. The average Bonchev–Trinajstić information content (AvgIpc) is 3.30. The topological polar surface area (TPSA) is 56.7 Å². The minimum Gasteiger partial charge on any atom is -0.340 e. The summed E-state index contributed by atoms with van der Waals surface area (Å²) < 4.78 is 7.30. The zero-order valence-corrected chi connectivity index (χ0v) is 14.7. The number of aryl methyl sites for hydroxylation is 3. The summed E-state index contributed by atoms with van der Waals surface area (Å²) in [4.78, 5) is 8.81. The number of benzene rings is 2. The molecular weight excluding hydrogens is 324 g/mol. The highest BCUT2D eigenvalue weighted by molar-refractivity contribution is 5.63. The van der Waals surface area contributed by atoms with Crippen LogP contribution in [0.5, 0.6) is 0 Å². The molecule has 0 N–H and O–H groups in total. The second kappa shape index (κ2) is 7.35. The van der Waals surface area contributed by atoms with Crippen LogP contribution in [0.2, 0.25) is 0 Å². The lowest BCUT2D eigenvalue weighted by molar-refractivity contribution is 0.373. The Kier molecular flexibility index (Phi) is 4.60. The molecule has 0 bridgehead atoms. The molecule has 0 saturated heterocycles. The highest BCUT2D eigenvalue weighted by atomic mass is 16.5. The molecule has 0 atom stereocenters. The van der Waals surface area contributed by atoms with Crippen molar-refractivity contribution in [1.29, 1.82) is 0 Å². The van der Waals surface area contributed by atoms with Gasteiger partial charge in [0.15, 0.2) is 5.82 Å². The lowest BCUT2D eigenvalue weighted by atomic mass is 10.0. The molecule has 26 heavy (non-hydrogen) atoms. The molecule has 0 fully saturated rings. The van der Waals surface area contributed by atoms with Crippen molar-refractivity contribution in [3.8, 4) is 11.1 Å². The first kappa shape index (κ1) is 16.3. The third kappa shape index (κ3) is 3.88. The molecule has 0 radical (unpaired) electrons. The molecule has 2 aromatic heterocycles. The van der Waals surface area contributed by atoms with Crippen LogP contribution in [-0.2, 0) is 26.3 Å². The van der Waals surface area contributed by atoms with Crippen molar-refractivity contribution in [3.63, 3.8) is 0 Å². The van der Waals surface area contributed by atoms with Gasteiger partial charge in [0.1, 0.15) is 0 Å². The molecule has 130 valence electrons. The first-order valence-corrected chi connectivity index (χ1v) is 8.69. The molecule has 0 unspecified atom stereocenters. The van der Waals surface area contributed by atoms with E-state index in [4.69, 9.17) is 4.52 Å². The van der Waals surface area contributed by atoms with Crippen molar-refractivity contribution in [2.24, 2.45) is 7.05 Å². The van der Waals surface area contributed by atoms with Crippen LogP contribution in [0.25, 0.3) is 11.1 Å². The fourth-order valence-electron chi connectivity index (χ4n) is 2.92. The Balaban J connectivity index is 1.38. The van der Waals surface area contributed by atoms with Gasteiger partial charge in [-0.3, -0.25) is 0 Å². The molecular formula is C21H20N4O. The average molecular weight is 344 g/mol. The summed E-state index contributed by atoms with van der Waals surface area (Å²) in [5.41, 5.74) is 4.62. The van der Waals surface area contributed by atoms with E-state index in [1.54, 1.807) is 6.33 Å². The summed E-state index contributed by atoms with van der Waals surface area (Å²) in [7, 11) is 1.96. The molecule has 0 aliphatic rings. The zero-order valence-electron chi connectivity index (χ0n) is 14.7. The first-order chi connectivity index (χ1) is 12.8. The molecule has 0 spiro atoms. The van der Waals surface area contributed by atoms with Gasteiger partial charge in [-0.05, 0) is 23.1 Å².